The average molecular weight is 240 g/mol. The Kier molecular flexibility index (Phi) is 4.26. The first-order valence-electron chi connectivity index (χ1n) is 5.81. The molecule has 2 heterocycles. The second kappa shape index (κ2) is 5.70. The van der Waals surface area contributed by atoms with Crippen LogP contribution in [0, 0.1) is 5.92 Å². The van der Waals surface area contributed by atoms with Crippen LogP contribution in [-0.4, -0.2) is 27.3 Å². The van der Waals surface area contributed by atoms with E-state index in [0.29, 0.717) is 6.04 Å². The highest BCUT2D eigenvalue weighted by Crippen LogP contribution is 2.27. The molecule has 2 rings (SSSR count). The summed E-state index contributed by atoms with van der Waals surface area (Å²) < 4.78 is 1.85. The standard InChI is InChI=1S/C11H20N4S/c1-15-7-9(6-13-15)2-3-11(14-12)10-4-5-16-8-10/h6-7,10-11,14H,2-5,8,12H2,1H3. The molecule has 1 fully saturated rings. The second-order valence-corrected chi connectivity index (χ2v) is 5.61. The Hall–Kier alpha value is -0.520. The molecular formula is C11H20N4S. The molecule has 0 amide bonds. The van der Waals surface area contributed by atoms with Crippen LogP contribution >= 0.6 is 11.8 Å². The first kappa shape index (κ1) is 12.0. The lowest BCUT2D eigenvalue weighted by Crippen LogP contribution is -2.41. The van der Waals surface area contributed by atoms with E-state index in [1.165, 1.54) is 23.5 Å². The van der Waals surface area contributed by atoms with Gasteiger partial charge in [-0.3, -0.25) is 16.0 Å². The van der Waals surface area contributed by atoms with Crippen LogP contribution in [0.3, 0.4) is 0 Å². The number of rotatable bonds is 5. The van der Waals surface area contributed by atoms with Gasteiger partial charge < -0.3 is 0 Å². The third kappa shape index (κ3) is 2.99. The Morgan fingerprint density at radius 1 is 1.75 bits per heavy atom. The zero-order chi connectivity index (χ0) is 11.4. The largest absolute Gasteiger partial charge is 0.276 e. The zero-order valence-corrected chi connectivity index (χ0v) is 10.5. The Morgan fingerprint density at radius 2 is 2.62 bits per heavy atom. The van der Waals surface area contributed by atoms with Gasteiger partial charge in [-0.25, -0.2) is 0 Å². The molecule has 0 aromatic carbocycles. The maximum absolute atomic E-state index is 5.64. The summed E-state index contributed by atoms with van der Waals surface area (Å²) in [6.45, 7) is 0. The van der Waals surface area contributed by atoms with Gasteiger partial charge in [0, 0.05) is 19.3 Å². The molecule has 90 valence electrons. The minimum absolute atomic E-state index is 0.454. The number of nitrogens with one attached hydrogen (secondary N) is 1. The van der Waals surface area contributed by atoms with Gasteiger partial charge in [0.05, 0.1) is 6.20 Å². The SMILES string of the molecule is Cn1cc(CCC(NN)C2CCSC2)cn1. The van der Waals surface area contributed by atoms with Crippen molar-refractivity contribution in [1.82, 2.24) is 15.2 Å². The molecule has 0 aliphatic carbocycles. The highest BCUT2D eigenvalue weighted by molar-refractivity contribution is 7.99. The summed E-state index contributed by atoms with van der Waals surface area (Å²) in [5.41, 5.74) is 4.28. The fraction of sp³-hybridized carbons (Fsp3) is 0.727. The van der Waals surface area contributed by atoms with E-state index < -0.39 is 0 Å². The molecule has 1 aliphatic heterocycles. The molecule has 2 unspecified atom stereocenters. The Balaban J connectivity index is 1.82. The molecule has 0 spiro atoms. The predicted octanol–water partition coefficient (Wildman–Crippen LogP) is 0.938. The molecule has 1 aromatic heterocycles. The minimum atomic E-state index is 0.454. The van der Waals surface area contributed by atoms with E-state index in [-0.39, 0.29) is 0 Å². The van der Waals surface area contributed by atoms with Crippen LogP contribution in [0.4, 0.5) is 0 Å². The fourth-order valence-electron chi connectivity index (χ4n) is 2.25. The maximum atomic E-state index is 5.64. The van der Waals surface area contributed by atoms with Crippen LogP contribution in [-0.2, 0) is 13.5 Å². The van der Waals surface area contributed by atoms with E-state index in [4.69, 9.17) is 5.84 Å². The smallest absolute Gasteiger partial charge is 0.0521 e. The van der Waals surface area contributed by atoms with Gasteiger partial charge in [-0.2, -0.15) is 16.9 Å². The van der Waals surface area contributed by atoms with E-state index in [2.05, 4.69) is 16.7 Å². The van der Waals surface area contributed by atoms with Crippen LogP contribution in [0.2, 0.25) is 0 Å². The lowest BCUT2D eigenvalue weighted by atomic mass is 9.94. The highest BCUT2D eigenvalue weighted by atomic mass is 32.2. The molecule has 0 radical (unpaired) electrons. The Bertz CT molecular complexity index is 320. The van der Waals surface area contributed by atoms with Crippen LogP contribution in [0.25, 0.3) is 0 Å². The summed E-state index contributed by atoms with van der Waals surface area (Å²) in [5, 5.41) is 4.18. The van der Waals surface area contributed by atoms with Crippen molar-refractivity contribution < 1.29 is 0 Å². The minimum Gasteiger partial charge on any atom is -0.276 e. The molecule has 0 saturated carbocycles. The van der Waals surface area contributed by atoms with E-state index >= 15 is 0 Å². The van der Waals surface area contributed by atoms with Gasteiger partial charge in [0.2, 0.25) is 0 Å². The van der Waals surface area contributed by atoms with Crippen molar-refractivity contribution in [3.63, 3.8) is 0 Å². The summed E-state index contributed by atoms with van der Waals surface area (Å²) in [6.07, 6.45) is 7.48. The average Bonchev–Trinajstić information content (AvgIpc) is 2.91. The molecule has 5 heteroatoms. The molecule has 0 bridgehead atoms. The molecule has 1 saturated heterocycles. The van der Waals surface area contributed by atoms with Crippen molar-refractivity contribution in [2.75, 3.05) is 11.5 Å². The number of nitrogens with zero attached hydrogens (tertiary/aromatic N) is 2. The number of thioether (sulfide) groups is 1. The van der Waals surface area contributed by atoms with Gasteiger partial charge in [-0.15, -0.1) is 0 Å². The van der Waals surface area contributed by atoms with Gasteiger partial charge >= 0.3 is 0 Å². The van der Waals surface area contributed by atoms with Gasteiger partial charge in [0.25, 0.3) is 0 Å². The molecule has 1 aliphatic rings. The number of nitrogens with two attached hydrogens (primary N) is 1. The Labute approximate surface area is 101 Å². The van der Waals surface area contributed by atoms with Crippen molar-refractivity contribution in [1.29, 1.82) is 0 Å². The van der Waals surface area contributed by atoms with Crippen LogP contribution in [0.15, 0.2) is 12.4 Å². The maximum Gasteiger partial charge on any atom is 0.0521 e. The Morgan fingerprint density at radius 3 is 3.19 bits per heavy atom. The van der Waals surface area contributed by atoms with Crippen LogP contribution < -0.4 is 11.3 Å². The van der Waals surface area contributed by atoms with Crippen molar-refractivity contribution in [3.05, 3.63) is 18.0 Å². The third-order valence-electron chi connectivity index (χ3n) is 3.25. The zero-order valence-electron chi connectivity index (χ0n) is 9.72. The number of aryl methyl sites for hydroxylation is 2. The van der Waals surface area contributed by atoms with Gasteiger partial charge in [0.1, 0.15) is 0 Å². The summed E-state index contributed by atoms with van der Waals surface area (Å²) in [5.74, 6) is 8.92. The van der Waals surface area contributed by atoms with Crippen molar-refractivity contribution in [3.8, 4) is 0 Å². The fourth-order valence-corrected chi connectivity index (χ4v) is 3.59. The first-order chi connectivity index (χ1) is 7.79. The van der Waals surface area contributed by atoms with E-state index in [1.54, 1.807) is 0 Å². The molecule has 2 atom stereocenters. The monoisotopic (exact) mass is 240 g/mol. The van der Waals surface area contributed by atoms with E-state index in [9.17, 15) is 0 Å². The number of hydrazine groups is 1. The third-order valence-corrected chi connectivity index (χ3v) is 4.44. The van der Waals surface area contributed by atoms with E-state index in [1.807, 2.05) is 29.7 Å². The molecule has 16 heavy (non-hydrogen) atoms. The molecular weight excluding hydrogens is 220 g/mol. The van der Waals surface area contributed by atoms with Crippen LogP contribution in [0.5, 0.6) is 0 Å². The van der Waals surface area contributed by atoms with E-state index in [0.717, 1.165) is 18.8 Å². The summed E-state index contributed by atoms with van der Waals surface area (Å²) >= 11 is 2.04. The summed E-state index contributed by atoms with van der Waals surface area (Å²) in [7, 11) is 1.95. The molecule has 4 nitrogen and oxygen atoms in total. The second-order valence-electron chi connectivity index (χ2n) is 4.46. The predicted molar refractivity (Wildman–Crippen MR) is 68.1 cm³/mol. The van der Waals surface area contributed by atoms with Crippen molar-refractivity contribution in [2.24, 2.45) is 18.8 Å². The van der Waals surface area contributed by atoms with Gasteiger partial charge in [-0.1, -0.05) is 0 Å². The number of hydrogen-bond donors (Lipinski definition) is 2. The summed E-state index contributed by atoms with van der Waals surface area (Å²) in [4.78, 5) is 0. The molecule has 3 N–H and O–H groups in total. The van der Waals surface area contributed by atoms with Gasteiger partial charge in [-0.05, 0) is 42.2 Å². The molecule has 1 aromatic rings. The lowest BCUT2D eigenvalue weighted by molar-refractivity contribution is 0.368. The summed E-state index contributed by atoms with van der Waals surface area (Å²) in [6, 6.07) is 0.454. The quantitative estimate of drug-likeness (QED) is 0.594. The first-order valence-corrected chi connectivity index (χ1v) is 6.96. The topological polar surface area (TPSA) is 55.9 Å². The number of hydrogen-bond acceptors (Lipinski definition) is 4. The lowest BCUT2D eigenvalue weighted by Gasteiger charge is -2.21. The van der Waals surface area contributed by atoms with Gasteiger partial charge in [0.15, 0.2) is 0 Å². The number of aromatic nitrogens is 2. The van der Waals surface area contributed by atoms with Crippen LogP contribution in [0.1, 0.15) is 18.4 Å². The van der Waals surface area contributed by atoms with Crippen molar-refractivity contribution in [2.45, 2.75) is 25.3 Å². The normalized spacial score (nSPS) is 22.5. The highest BCUT2D eigenvalue weighted by Gasteiger charge is 2.24. The van der Waals surface area contributed by atoms with Crippen molar-refractivity contribution >= 4 is 11.8 Å².